The molecule has 0 spiro atoms. The minimum atomic E-state index is -4.73. The summed E-state index contributed by atoms with van der Waals surface area (Å²) in [6.45, 7) is 3.06. The lowest BCUT2D eigenvalue weighted by atomic mass is 10.1. The van der Waals surface area contributed by atoms with E-state index in [0.717, 1.165) is 0 Å². The Labute approximate surface area is 89.7 Å². The number of nitrogens with zero attached hydrogens (tertiary/aromatic N) is 1. The molecule has 0 bridgehead atoms. The van der Waals surface area contributed by atoms with Crippen LogP contribution in [-0.4, -0.2) is 16.3 Å². The van der Waals surface area contributed by atoms with Crippen LogP contribution in [0.3, 0.4) is 0 Å². The third-order valence-electron chi connectivity index (χ3n) is 1.93. The molecule has 1 aromatic heterocycles. The molecule has 0 radical (unpaired) electrons. The van der Waals surface area contributed by atoms with Gasteiger partial charge in [0, 0.05) is 11.3 Å². The number of aromatic nitrogens is 1. The first-order valence-corrected chi connectivity index (χ1v) is 4.49. The zero-order valence-electron chi connectivity index (χ0n) is 8.06. The molecule has 2 nitrogen and oxygen atoms in total. The topological polar surface area (TPSA) is 33.1 Å². The van der Waals surface area contributed by atoms with Crippen LogP contribution in [0.2, 0.25) is 5.15 Å². The Morgan fingerprint density at radius 1 is 1.40 bits per heavy atom. The molecule has 0 amide bonds. The fourth-order valence-corrected chi connectivity index (χ4v) is 1.68. The Hall–Kier alpha value is -0.810. The van der Waals surface area contributed by atoms with Crippen LogP contribution >= 0.6 is 11.6 Å². The van der Waals surface area contributed by atoms with Gasteiger partial charge in [-0.25, -0.2) is 4.98 Å². The molecule has 1 atom stereocenters. The van der Waals surface area contributed by atoms with Crippen molar-refractivity contribution in [2.24, 2.45) is 0 Å². The van der Waals surface area contributed by atoms with Gasteiger partial charge in [-0.2, -0.15) is 13.2 Å². The van der Waals surface area contributed by atoms with E-state index in [9.17, 15) is 13.2 Å². The number of hydrogen-bond acceptors (Lipinski definition) is 2. The lowest BCUT2D eigenvalue weighted by molar-refractivity contribution is -0.207. The Morgan fingerprint density at radius 3 is 2.33 bits per heavy atom. The summed E-state index contributed by atoms with van der Waals surface area (Å²) in [7, 11) is 0. The highest BCUT2D eigenvalue weighted by Crippen LogP contribution is 2.37. The van der Waals surface area contributed by atoms with E-state index in [4.69, 9.17) is 16.7 Å². The molecule has 1 rings (SSSR count). The lowest BCUT2D eigenvalue weighted by Crippen LogP contribution is -2.22. The van der Waals surface area contributed by atoms with Crippen molar-refractivity contribution < 1.29 is 18.3 Å². The van der Waals surface area contributed by atoms with Crippen LogP contribution in [0.25, 0.3) is 0 Å². The van der Waals surface area contributed by atoms with Gasteiger partial charge in [-0.05, 0) is 25.5 Å². The molecular formula is C9H9ClF3NO. The van der Waals surface area contributed by atoms with Crippen molar-refractivity contribution in [3.8, 4) is 0 Å². The van der Waals surface area contributed by atoms with Crippen LogP contribution in [0.1, 0.15) is 22.9 Å². The summed E-state index contributed by atoms with van der Waals surface area (Å²) >= 11 is 5.56. The second kappa shape index (κ2) is 3.98. The first kappa shape index (κ1) is 12.3. The Kier molecular flexibility index (Phi) is 3.25. The second-order valence-corrected chi connectivity index (χ2v) is 3.59. The molecule has 0 aromatic carbocycles. The van der Waals surface area contributed by atoms with Crippen molar-refractivity contribution in [3.63, 3.8) is 0 Å². The van der Waals surface area contributed by atoms with Gasteiger partial charge in [0.25, 0.3) is 0 Å². The minimum absolute atomic E-state index is 0.275. The predicted octanol–water partition coefficient (Wildman–Crippen LogP) is 2.95. The molecule has 0 aliphatic carbocycles. The summed E-state index contributed by atoms with van der Waals surface area (Å²) in [4.78, 5) is 3.67. The molecule has 0 fully saturated rings. The molecule has 1 unspecified atom stereocenters. The number of alkyl halides is 3. The van der Waals surface area contributed by atoms with Gasteiger partial charge in [0.2, 0.25) is 0 Å². The van der Waals surface area contributed by atoms with Crippen molar-refractivity contribution in [1.29, 1.82) is 0 Å². The number of halogens is 4. The van der Waals surface area contributed by atoms with Crippen LogP contribution in [0.4, 0.5) is 13.2 Å². The third-order valence-corrected chi connectivity index (χ3v) is 2.22. The molecule has 84 valence electrons. The Morgan fingerprint density at radius 2 is 1.93 bits per heavy atom. The van der Waals surface area contributed by atoms with Gasteiger partial charge in [-0.3, -0.25) is 0 Å². The quantitative estimate of drug-likeness (QED) is 0.765. The minimum Gasteiger partial charge on any atom is -0.379 e. The Balaban J connectivity index is 3.26. The summed E-state index contributed by atoms with van der Waals surface area (Å²) in [6, 6.07) is 1.44. The van der Waals surface area contributed by atoms with Crippen molar-refractivity contribution >= 4 is 11.6 Å². The predicted molar refractivity (Wildman–Crippen MR) is 49.7 cm³/mol. The zero-order chi connectivity index (χ0) is 11.8. The fourth-order valence-electron chi connectivity index (χ4n) is 1.29. The van der Waals surface area contributed by atoms with Gasteiger partial charge in [-0.15, -0.1) is 0 Å². The van der Waals surface area contributed by atoms with E-state index < -0.39 is 12.3 Å². The third kappa shape index (κ3) is 2.60. The average molecular weight is 240 g/mol. The summed E-state index contributed by atoms with van der Waals surface area (Å²) < 4.78 is 36.8. The van der Waals surface area contributed by atoms with Crippen LogP contribution in [0.5, 0.6) is 0 Å². The molecular weight excluding hydrogens is 231 g/mol. The second-order valence-electron chi connectivity index (χ2n) is 3.23. The van der Waals surface area contributed by atoms with Gasteiger partial charge < -0.3 is 5.11 Å². The van der Waals surface area contributed by atoms with Crippen LogP contribution < -0.4 is 0 Å². The van der Waals surface area contributed by atoms with Crippen molar-refractivity contribution in [3.05, 3.63) is 28.0 Å². The van der Waals surface area contributed by atoms with Gasteiger partial charge in [0.15, 0.2) is 6.10 Å². The van der Waals surface area contributed by atoms with Gasteiger partial charge in [-0.1, -0.05) is 11.6 Å². The number of aryl methyl sites for hydroxylation is 2. The summed E-state index contributed by atoms with van der Waals surface area (Å²) in [6.07, 6.45) is -7.32. The van der Waals surface area contributed by atoms with E-state index in [2.05, 4.69) is 4.98 Å². The maximum atomic E-state index is 12.3. The van der Waals surface area contributed by atoms with E-state index in [1.165, 1.54) is 13.0 Å². The maximum Gasteiger partial charge on any atom is 0.418 e. The lowest BCUT2D eigenvalue weighted by Gasteiger charge is -2.18. The fraction of sp³-hybridized carbons (Fsp3) is 0.444. The molecule has 0 saturated heterocycles. The van der Waals surface area contributed by atoms with Crippen molar-refractivity contribution in [1.82, 2.24) is 4.98 Å². The highest BCUT2D eigenvalue weighted by Gasteiger charge is 2.41. The highest BCUT2D eigenvalue weighted by atomic mass is 35.5. The molecule has 0 aliphatic heterocycles. The van der Waals surface area contributed by atoms with E-state index in [1.54, 1.807) is 6.92 Å². The smallest absolute Gasteiger partial charge is 0.379 e. The molecule has 1 heterocycles. The first-order chi connectivity index (χ1) is 6.73. The normalized spacial score (nSPS) is 14.1. The van der Waals surface area contributed by atoms with Crippen molar-refractivity contribution in [2.45, 2.75) is 26.1 Å². The summed E-state index contributed by atoms with van der Waals surface area (Å²) in [5.41, 5.74) is 0.405. The molecule has 0 aliphatic rings. The SMILES string of the molecule is Cc1cc(C)c(C(O)C(F)(F)F)c(Cl)n1. The molecule has 6 heteroatoms. The monoisotopic (exact) mass is 239 g/mol. The van der Waals surface area contributed by atoms with Crippen molar-refractivity contribution in [2.75, 3.05) is 0 Å². The molecule has 15 heavy (non-hydrogen) atoms. The molecule has 0 saturated carbocycles. The maximum absolute atomic E-state index is 12.3. The van der Waals surface area contributed by atoms with Crippen LogP contribution in [-0.2, 0) is 0 Å². The summed E-state index contributed by atoms with van der Waals surface area (Å²) in [5, 5.41) is 8.75. The zero-order valence-corrected chi connectivity index (χ0v) is 8.82. The van der Waals surface area contributed by atoms with E-state index >= 15 is 0 Å². The standard InChI is InChI=1S/C9H9ClF3NO/c1-4-3-5(2)14-8(10)6(4)7(15)9(11,12)13/h3,7,15H,1-2H3. The molecule has 1 N–H and O–H groups in total. The van der Waals surface area contributed by atoms with Gasteiger partial charge in [0.1, 0.15) is 5.15 Å². The van der Waals surface area contributed by atoms with Gasteiger partial charge >= 0.3 is 6.18 Å². The van der Waals surface area contributed by atoms with Crippen LogP contribution in [0, 0.1) is 13.8 Å². The van der Waals surface area contributed by atoms with E-state index in [1.807, 2.05) is 0 Å². The number of hydrogen-bond donors (Lipinski definition) is 1. The number of rotatable bonds is 1. The summed E-state index contributed by atoms with van der Waals surface area (Å²) in [5.74, 6) is 0. The Bertz CT molecular complexity index is 355. The van der Waals surface area contributed by atoms with Gasteiger partial charge in [0.05, 0.1) is 0 Å². The van der Waals surface area contributed by atoms with E-state index in [0.29, 0.717) is 5.69 Å². The largest absolute Gasteiger partial charge is 0.418 e. The van der Waals surface area contributed by atoms with E-state index in [-0.39, 0.29) is 16.3 Å². The average Bonchev–Trinajstić information content (AvgIpc) is 1.99. The highest BCUT2D eigenvalue weighted by molar-refractivity contribution is 6.30. The first-order valence-electron chi connectivity index (χ1n) is 4.12. The molecule has 1 aromatic rings. The number of pyridine rings is 1. The number of aliphatic hydroxyl groups excluding tert-OH is 1. The number of aliphatic hydroxyl groups is 1. The van der Waals surface area contributed by atoms with Crippen LogP contribution in [0.15, 0.2) is 6.07 Å².